The smallest absolute Gasteiger partial charge is 0.160 e. The molecule has 1 saturated heterocycles. The van der Waals surface area contributed by atoms with E-state index in [0.717, 1.165) is 73.8 Å². The van der Waals surface area contributed by atoms with Gasteiger partial charge < -0.3 is 13.7 Å². The van der Waals surface area contributed by atoms with Crippen molar-refractivity contribution in [3.63, 3.8) is 0 Å². The molecule has 0 saturated carbocycles. The lowest BCUT2D eigenvalue weighted by Gasteiger charge is -2.33. The number of imidazole rings is 1. The monoisotopic (exact) mass is 430 g/mol. The Balaban J connectivity index is 1.29. The van der Waals surface area contributed by atoms with Gasteiger partial charge in [0.25, 0.3) is 0 Å². The Morgan fingerprint density at radius 3 is 2.59 bits per heavy atom. The maximum absolute atomic E-state index is 5.88. The Morgan fingerprint density at radius 2 is 1.78 bits per heavy atom. The molecule has 0 atom stereocenters. The van der Waals surface area contributed by atoms with Gasteiger partial charge >= 0.3 is 0 Å². The number of hydrogen-bond acceptors (Lipinski definition) is 5. The van der Waals surface area contributed by atoms with Crippen molar-refractivity contribution in [2.45, 2.75) is 44.9 Å². The molecule has 5 rings (SSSR count). The Bertz CT molecular complexity index is 1140. The zero-order chi connectivity index (χ0) is 21.8. The van der Waals surface area contributed by atoms with Crippen LogP contribution in [0.4, 0.5) is 0 Å². The van der Waals surface area contributed by atoms with Crippen molar-refractivity contribution in [2.24, 2.45) is 0 Å². The number of aromatic nitrogens is 3. The molecule has 0 bridgehead atoms. The number of likely N-dealkylation sites (tertiary alicyclic amines) is 1. The van der Waals surface area contributed by atoms with Gasteiger partial charge in [-0.1, -0.05) is 30.3 Å². The van der Waals surface area contributed by atoms with Crippen molar-refractivity contribution in [1.29, 1.82) is 0 Å². The minimum Gasteiger partial charge on any atom is -0.462 e. The fourth-order valence-electron chi connectivity index (χ4n) is 4.72. The van der Waals surface area contributed by atoms with E-state index in [0.29, 0.717) is 12.6 Å². The second kappa shape index (κ2) is 9.67. The third kappa shape index (κ3) is 4.61. The average molecular weight is 431 g/mol. The molecule has 6 heteroatoms. The lowest BCUT2D eigenvalue weighted by atomic mass is 10.0. The van der Waals surface area contributed by atoms with E-state index < -0.39 is 0 Å². The highest BCUT2D eigenvalue weighted by Crippen LogP contribution is 2.29. The molecule has 3 aromatic heterocycles. The van der Waals surface area contributed by atoms with Crippen LogP contribution in [0.2, 0.25) is 0 Å². The van der Waals surface area contributed by atoms with Crippen LogP contribution in [-0.2, 0) is 30.7 Å². The van der Waals surface area contributed by atoms with E-state index in [1.807, 2.05) is 18.3 Å². The second-order valence-corrected chi connectivity index (χ2v) is 8.54. The van der Waals surface area contributed by atoms with Crippen LogP contribution in [0, 0.1) is 0 Å². The number of piperidine rings is 1. The predicted molar refractivity (Wildman–Crippen MR) is 124 cm³/mol. The van der Waals surface area contributed by atoms with E-state index in [1.54, 1.807) is 7.11 Å². The number of pyridine rings is 1. The normalized spacial score (nSPS) is 15.5. The lowest BCUT2D eigenvalue weighted by molar-refractivity contribution is 0.149. The summed E-state index contributed by atoms with van der Waals surface area (Å²) in [7, 11) is 1.69. The standard InChI is InChI=1S/C26H30N4O2/c1-31-19-23-11-10-22(32-23)18-29-16-13-21(14-17-29)30-25(12-9-20-6-3-2-4-7-20)28-24-8-5-15-27-26(24)30/h2-8,10-11,15,21H,9,12-14,16-19H2,1H3. The molecule has 0 N–H and O–H groups in total. The van der Waals surface area contributed by atoms with Crippen molar-refractivity contribution in [3.05, 3.63) is 83.7 Å². The molecule has 0 amide bonds. The number of furan rings is 1. The lowest BCUT2D eigenvalue weighted by Crippen LogP contribution is -2.34. The Labute approximate surface area is 188 Å². The van der Waals surface area contributed by atoms with E-state index in [4.69, 9.17) is 19.1 Å². The van der Waals surface area contributed by atoms with Gasteiger partial charge in [0.05, 0.1) is 6.54 Å². The van der Waals surface area contributed by atoms with Crippen molar-refractivity contribution < 1.29 is 9.15 Å². The highest BCUT2D eigenvalue weighted by Gasteiger charge is 2.25. The maximum atomic E-state index is 5.88. The summed E-state index contributed by atoms with van der Waals surface area (Å²) in [6.07, 6.45) is 5.98. The van der Waals surface area contributed by atoms with Gasteiger partial charge in [-0.25, -0.2) is 9.97 Å². The third-order valence-corrected chi connectivity index (χ3v) is 6.31. The first-order valence-electron chi connectivity index (χ1n) is 11.4. The number of ether oxygens (including phenoxy) is 1. The molecule has 0 unspecified atom stereocenters. The van der Waals surface area contributed by atoms with Crippen LogP contribution in [0.25, 0.3) is 11.2 Å². The van der Waals surface area contributed by atoms with Crippen LogP contribution < -0.4 is 0 Å². The zero-order valence-corrected chi connectivity index (χ0v) is 18.6. The molecule has 32 heavy (non-hydrogen) atoms. The highest BCUT2D eigenvalue weighted by atomic mass is 16.5. The topological polar surface area (TPSA) is 56.3 Å². The Hall–Kier alpha value is -2.96. The molecule has 6 nitrogen and oxygen atoms in total. The van der Waals surface area contributed by atoms with Gasteiger partial charge in [0.1, 0.15) is 29.5 Å². The Kier molecular flexibility index (Phi) is 6.32. The van der Waals surface area contributed by atoms with Crippen LogP contribution in [0.5, 0.6) is 0 Å². The van der Waals surface area contributed by atoms with Gasteiger partial charge in [0.15, 0.2) is 5.65 Å². The molecular weight excluding hydrogens is 400 g/mol. The number of nitrogens with zero attached hydrogens (tertiary/aromatic N) is 4. The summed E-state index contributed by atoms with van der Waals surface area (Å²) < 4.78 is 13.5. The van der Waals surface area contributed by atoms with Crippen molar-refractivity contribution in [3.8, 4) is 0 Å². The minimum absolute atomic E-state index is 0.428. The number of benzene rings is 1. The molecule has 1 aromatic carbocycles. The summed E-state index contributed by atoms with van der Waals surface area (Å²) >= 11 is 0. The molecule has 4 aromatic rings. The van der Waals surface area contributed by atoms with Gasteiger partial charge in [-0.05, 0) is 49.1 Å². The summed E-state index contributed by atoms with van der Waals surface area (Å²) in [4.78, 5) is 12.1. The molecular formula is C26H30N4O2. The SMILES string of the molecule is COCc1ccc(CN2CCC(n3c(CCc4ccccc4)nc4cccnc43)CC2)o1. The summed E-state index contributed by atoms with van der Waals surface area (Å²) in [6.45, 7) is 3.44. The second-order valence-electron chi connectivity index (χ2n) is 8.54. The first-order chi connectivity index (χ1) is 15.8. The van der Waals surface area contributed by atoms with Gasteiger partial charge in [0.2, 0.25) is 0 Å². The van der Waals surface area contributed by atoms with Gasteiger partial charge in [0, 0.05) is 38.9 Å². The van der Waals surface area contributed by atoms with Crippen LogP contribution in [0.3, 0.4) is 0 Å². The number of aryl methyl sites for hydroxylation is 2. The van der Waals surface area contributed by atoms with Crippen molar-refractivity contribution >= 4 is 11.2 Å². The molecule has 0 radical (unpaired) electrons. The van der Waals surface area contributed by atoms with E-state index in [9.17, 15) is 0 Å². The largest absolute Gasteiger partial charge is 0.462 e. The van der Waals surface area contributed by atoms with Crippen LogP contribution in [-0.4, -0.2) is 39.6 Å². The van der Waals surface area contributed by atoms with Gasteiger partial charge in [-0.2, -0.15) is 0 Å². The highest BCUT2D eigenvalue weighted by molar-refractivity contribution is 5.71. The summed E-state index contributed by atoms with van der Waals surface area (Å²) in [5, 5.41) is 0. The molecule has 0 aliphatic carbocycles. The van der Waals surface area contributed by atoms with Gasteiger partial charge in [-0.15, -0.1) is 0 Å². The molecule has 1 aliphatic heterocycles. The van der Waals surface area contributed by atoms with E-state index in [-0.39, 0.29) is 0 Å². The quantitative estimate of drug-likeness (QED) is 0.402. The van der Waals surface area contributed by atoms with E-state index >= 15 is 0 Å². The number of rotatable bonds is 8. The number of fused-ring (bicyclic) bond motifs is 1. The van der Waals surface area contributed by atoms with Crippen LogP contribution >= 0.6 is 0 Å². The molecule has 0 spiro atoms. The number of methoxy groups -OCH3 is 1. The summed E-state index contributed by atoms with van der Waals surface area (Å²) in [5.41, 5.74) is 3.36. The molecule has 1 fully saturated rings. The molecule has 4 heterocycles. The summed E-state index contributed by atoms with van der Waals surface area (Å²) in [6, 6.07) is 19.2. The first-order valence-corrected chi connectivity index (χ1v) is 11.4. The fraction of sp³-hybridized carbons (Fsp3) is 0.385. The predicted octanol–water partition coefficient (Wildman–Crippen LogP) is 4.79. The summed E-state index contributed by atoms with van der Waals surface area (Å²) in [5.74, 6) is 3.04. The average Bonchev–Trinajstić information content (AvgIpc) is 3.43. The third-order valence-electron chi connectivity index (χ3n) is 6.31. The minimum atomic E-state index is 0.428. The zero-order valence-electron chi connectivity index (χ0n) is 18.6. The van der Waals surface area contributed by atoms with Crippen LogP contribution in [0.15, 0.2) is 65.2 Å². The van der Waals surface area contributed by atoms with E-state index in [2.05, 4.69) is 51.9 Å². The number of hydrogen-bond donors (Lipinski definition) is 0. The van der Waals surface area contributed by atoms with Crippen LogP contribution in [0.1, 0.15) is 41.8 Å². The first kappa shape index (κ1) is 20.9. The maximum Gasteiger partial charge on any atom is 0.160 e. The van der Waals surface area contributed by atoms with Gasteiger partial charge in [-0.3, -0.25) is 4.90 Å². The van der Waals surface area contributed by atoms with Crippen molar-refractivity contribution in [2.75, 3.05) is 20.2 Å². The van der Waals surface area contributed by atoms with E-state index in [1.165, 1.54) is 5.56 Å². The Morgan fingerprint density at radius 1 is 0.969 bits per heavy atom. The molecule has 166 valence electrons. The fourth-order valence-corrected chi connectivity index (χ4v) is 4.72. The molecule has 1 aliphatic rings. The van der Waals surface area contributed by atoms with Crippen molar-refractivity contribution in [1.82, 2.24) is 19.4 Å².